The Balaban J connectivity index is 1.77. The topological polar surface area (TPSA) is 72.5 Å². The maximum Gasteiger partial charge on any atom is 0.573 e. The molecule has 0 heterocycles. The predicted molar refractivity (Wildman–Crippen MR) is 120 cm³/mol. The molecule has 0 atom stereocenters. The van der Waals surface area contributed by atoms with Gasteiger partial charge in [0.1, 0.15) is 11.6 Å². The minimum atomic E-state index is -5.03. The van der Waals surface area contributed by atoms with Crippen molar-refractivity contribution in [1.29, 1.82) is 0 Å². The average Bonchev–Trinajstić information content (AvgIpc) is 2.74. The second-order valence-electron chi connectivity index (χ2n) is 7.13. The van der Waals surface area contributed by atoms with Gasteiger partial charge in [-0.15, -0.1) is 13.2 Å². The second-order valence-corrected chi connectivity index (χ2v) is 9.81. The van der Waals surface area contributed by atoms with Gasteiger partial charge in [-0.2, -0.15) is 0 Å². The molecule has 0 radical (unpaired) electrons. The smallest absolute Gasteiger partial charge is 0.405 e. The molecule has 3 rings (SSSR count). The van der Waals surface area contributed by atoms with Crippen LogP contribution in [0, 0.1) is 5.82 Å². The van der Waals surface area contributed by atoms with Crippen molar-refractivity contribution in [2.24, 2.45) is 0 Å². The SMILES string of the molecule is CCS(=O)(=O)c1ccc(CC(=O)Nc2ccc(-c3c(F)cccc3OC(F)(F)F)c(Cl)c2)cc1. The van der Waals surface area contributed by atoms with Gasteiger partial charge in [0.25, 0.3) is 0 Å². The monoisotopic (exact) mass is 515 g/mol. The molecule has 1 amide bonds. The molecule has 5 nitrogen and oxygen atoms in total. The lowest BCUT2D eigenvalue weighted by molar-refractivity contribution is -0.274. The highest BCUT2D eigenvalue weighted by Crippen LogP contribution is 2.40. The Hall–Kier alpha value is -3.11. The summed E-state index contributed by atoms with van der Waals surface area (Å²) in [5.41, 5.74) is 0.281. The summed E-state index contributed by atoms with van der Waals surface area (Å²) in [4.78, 5) is 12.5. The van der Waals surface area contributed by atoms with E-state index in [9.17, 15) is 30.8 Å². The molecule has 180 valence electrons. The maximum atomic E-state index is 14.4. The third kappa shape index (κ3) is 6.27. The van der Waals surface area contributed by atoms with Gasteiger partial charge < -0.3 is 10.1 Å². The summed E-state index contributed by atoms with van der Waals surface area (Å²) in [6, 6.07) is 12.8. The minimum Gasteiger partial charge on any atom is -0.405 e. The molecule has 0 bridgehead atoms. The Kier molecular flexibility index (Phi) is 7.52. The fraction of sp³-hybridized carbons (Fsp3) is 0.174. The number of benzene rings is 3. The van der Waals surface area contributed by atoms with E-state index in [1.54, 1.807) is 0 Å². The highest BCUT2D eigenvalue weighted by atomic mass is 35.5. The fourth-order valence-electron chi connectivity index (χ4n) is 3.14. The van der Waals surface area contributed by atoms with E-state index in [0.717, 1.165) is 18.2 Å². The number of anilines is 1. The average molecular weight is 516 g/mol. The van der Waals surface area contributed by atoms with Gasteiger partial charge in [-0.05, 0) is 42.0 Å². The number of halogens is 5. The van der Waals surface area contributed by atoms with E-state index < -0.39 is 39.2 Å². The molecule has 34 heavy (non-hydrogen) atoms. The molecule has 0 saturated carbocycles. The van der Waals surface area contributed by atoms with Crippen molar-refractivity contribution in [2.45, 2.75) is 24.6 Å². The van der Waals surface area contributed by atoms with E-state index in [1.165, 1.54) is 49.4 Å². The number of hydrogen-bond acceptors (Lipinski definition) is 4. The Bertz CT molecular complexity index is 1310. The Labute approximate surface area is 198 Å². The summed E-state index contributed by atoms with van der Waals surface area (Å²) in [7, 11) is -3.35. The first kappa shape index (κ1) is 25.5. The summed E-state index contributed by atoms with van der Waals surface area (Å²) in [5.74, 6) is -2.20. The number of sulfone groups is 1. The van der Waals surface area contributed by atoms with Crippen molar-refractivity contribution in [3.8, 4) is 16.9 Å². The summed E-state index contributed by atoms with van der Waals surface area (Å²) in [6.45, 7) is 1.53. The number of rotatable bonds is 7. The van der Waals surface area contributed by atoms with Crippen LogP contribution in [0.15, 0.2) is 65.6 Å². The standard InChI is InChI=1S/C23H18ClF4NO4S/c1-2-34(31,32)16-9-6-14(7-10-16)12-21(30)29-15-8-11-17(18(24)13-15)22-19(25)4-3-5-20(22)33-23(26,27)28/h3-11,13H,2,12H2,1H3,(H,29,30). The van der Waals surface area contributed by atoms with E-state index in [4.69, 9.17) is 11.6 Å². The van der Waals surface area contributed by atoms with Gasteiger partial charge >= 0.3 is 6.36 Å². The van der Waals surface area contributed by atoms with Gasteiger partial charge in [0.15, 0.2) is 9.84 Å². The van der Waals surface area contributed by atoms with Crippen LogP contribution in [0.5, 0.6) is 5.75 Å². The number of carbonyl (C=O) groups is 1. The van der Waals surface area contributed by atoms with Crippen LogP contribution in [0.3, 0.4) is 0 Å². The molecule has 0 aliphatic heterocycles. The lowest BCUT2D eigenvalue weighted by atomic mass is 10.0. The van der Waals surface area contributed by atoms with Crippen LogP contribution in [0.4, 0.5) is 23.2 Å². The van der Waals surface area contributed by atoms with Crippen LogP contribution in [0.25, 0.3) is 11.1 Å². The molecule has 3 aromatic carbocycles. The Morgan fingerprint density at radius 1 is 1.06 bits per heavy atom. The van der Waals surface area contributed by atoms with Crippen molar-refractivity contribution < 1.29 is 35.5 Å². The number of ether oxygens (including phenoxy) is 1. The van der Waals surface area contributed by atoms with Crippen molar-refractivity contribution >= 4 is 33.0 Å². The second kappa shape index (κ2) is 10.0. The normalized spacial score (nSPS) is 11.8. The van der Waals surface area contributed by atoms with E-state index in [2.05, 4.69) is 10.1 Å². The highest BCUT2D eigenvalue weighted by molar-refractivity contribution is 7.91. The maximum absolute atomic E-state index is 14.4. The lowest BCUT2D eigenvalue weighted by Gasteiger charge is -2.15. The van der Waals surface area contributed by atoms with Gasteiger partial charge in [-0.25, -0.2) is 12.8 Å². The fourth-order valence-corrected chi connectivity index (χ4v) is 4.30. The summed E-state index contributed by atoms with van der Waals surface area (Å²) >= 11 is 6.18. The Morgan fingerprint density at radius 3 is 2.32 bits per heavy atom. The quantitative estimate of drug-likeness (QED) is 0.391. The summed E-state index contributed by atoms with van der Waals surface area (Å²) < 4.78 is 80.1. The lowest BCUT2D eigenvalue weighted by Crippen LogP contribution is -2.18. The number of amides is 1. The van der Waals surface area contributed by atoms with Gasteiger partial charge in [-0.1, -0.05) is 42.8 Å². The molecular formula is C23H18ClF4NO4S. The molecule has 0 unspecified atom stereocenters. The molecule has 0 spiro atoms. The molecule has 0 fully saturated rings. The summed E-state index contributed by atoms with van der Waals surface area (Å²) in [6.07, 6.45) is -5.09. The number of hydrogen-bond donors (Lipinski definition) is 1. The van der Waals surface area contributed by atoms with Crippen molar-refractivity contribution in [2.75, 3.05) is 11.1 Å². The van der Waals surface area contributed by atoms with Gasteiger partial charge in [0, 0.05) is 11.3 Å². The van der Waals surface area contributed by atoms with E-state index in [1.807, 2.05) is 0 Å². The van der Waals surface area contributed by atoms with Crippen LogP contribution < -0.4 is 10.1 Å². The van der Waals surface area contributed by atoms with Crippen molar-refractivity contribution in [3.05, 3.63) is 77.1 Å². The first-order chi connectivity index (χ1) is 15.9. The molecule has 0 aliphatic rings. The zero-order valence-corrected chi connectivity index (χ0v) is 19.2. The highest BCUT2D eigenvalue weighted by Gasteiger charge is 2.33. The zero-order chi connectivity index (χ0) is 25.1. The predicted octanol–water partition coefficient (Wildman–Crippen LogP) is 6.02. The molecule has 0 aromatic heterocycles. The van der Waals surface area contributed by atoms with Crippen molar-refractivity contribution in [1.82, 2.24) is 0 Å². The molecule has 11 heteroatoms. The van der Waals surface area contributed by atoms with E-state index in [0.29, 0.717) is 5.56 Å². The van der Waals surface area contributed by atoms with Gasteiger partial charge in [0.05, 0.1) is 27.7 Å². The van der Waals surface area contributed by atoms with Crippen LogP contribution in [-0.2, 0) is 21.1 Å². The van der Waals surface area contributed by atoms with E-state index >= 15 is 0 Å². The number of alkyl halides is 3. The Morgan fingerprint density at radius 2 is 1.74 bits per heavy atom. The third-order valence-electron chi connectivity index (χ3n) is 4.75. The van der Waals surface area contributed by atoms with Crippen LogP contribution in [0.2, 0.25) is 5.02 Å². The van der Waals surface area contributed by atoms with Gasteiger partial charge in [-0.3, -0.25) is 4.79 Å². The molecular weight excluding hydrogens is 498 g/mol. The summed E-state index contributed by atoms with van der Waals surface area (Å²) in [5, 5.41) is 2.48. The first-order valence-electron chi connectivity index (χ1n) is 9.85. The van der Waals surface area contributed by atoms with Crippen LogP contribution >= 0.6 is 11.6 Å². The van der Waals surface area contributed by atoms with Crippen LogP contribution in [-0.4, -0.2) is 26.4 Å². The van der Waals surface area contributed by atoms with Gasteiger partial charge in [0.2, 0.25) is 5.91 Å². The first-order valence-corrected chi connectivity index (χ1v) is 11.9. The number of nitrogens with one attached hydrogen (secondary N) is 1. The molecule has 3 aromatic rings. The largest absolute Gasteiger partial charge is 0.573 e. The van der Waals surface area contributed by atoms with Crippen LogP contribution in [0.1, 0.15) is 12.5 Å². The molecule has 0 saturated heterocycles. The minimum absolute atomic E-state index is 0.0414. The molecule has 1 N–H and O–H groups in total. The van der Waals surface area contributed by atoms with Crippen molar-refractivity contribution in [3.63, 3.8) is 0 Å². The molecule has 0 aliphatic carbocycles. The van der Waals surface area contributed by atoms with E-state index in [-0.39, 0.29) is 33.3 Å². The number of carbonyl (C=O) groups excluding carboxylic acids is 1. The zero-order valence-electron chi connectivity index (χ0n) is 17.6. The third-order valence-corrected chi connectivity index (χ3v) is 6.81.